The standard InChI is InChI=1S/C23H30N2O4/c1-5-14-12-25-10-9-15-21-18(7-6-8-20(21)28-3)24-22(15)19(25)11-16(14)17(13-27-2)23(26)29-4/h6-8,13-14,16,19,24H,5,9-12H2,1-4H3/b17-13+/t14-,16+,19-/m1/s1/i19D. The Morgan fingerprint density at radius 2 is 2.21 bits per heavy atom. The van der Waals surface area contributed by atoms with Gasteiger partial charge in [-0.2, -0.15) is 0 Å². The summed E-state index contributed by atoms with van der Waals surface area (Å²) < 4.78 is 25.5. The third-order valence-electron chi connectivity index (χ3n) is 6.44. The molecule has 1 aromatic carbocycles. The molecule has 3 atom stereocenters. The van der Waals surface area contributed by atoms with Crippen LogP contribution in [0.25, 0.3) is 10.9 Å². The predicted molar refractivity (Wildman–Crippen MR) is 112 cm³/mol. The number of aromatic nitrogens is 1. The van der Waals surface area contributed by atoms with E-state index in [4.69, 9.17) is 14.2 Å². The molecule has 0 bridgehead atoms. The molecule has 0 amide bonds. The van der Waals surface area contributed by atoms with E-state index in [1.165, 1.54) is 20.5 Å². The van der Waals surface area contributed by atoms with E-state index in [0.717, 1.165) is 53.8 Å². The first-order valence-corrected chi connectivity index (χ1v) is 10.2. The molecule has 2 aliphatic heterocycles. The summed E-state index contributed by atoms with van der Waals surface area (Å²) in [5.74, 6) is 0.585. The molecule has 6 nitrogen and oxygen atoms in total. The first-order chi connectivity index (χ1) is 14.5. The van der Waals surface area contributed by atoms with E-state index < -0.39 is 6.02 Å². The Balaban J connectivity index is 1.82. The molecule has 2 aliphatic rings. The monoisotopic (exact) mass is 399 g/mol. The van der Waals surface area contributed by atoms with Crippen LogP contribution in [0.5, 0.6) is 5.75 Å². The third kappa shape index (κ3) is 3.29. The lowest BCUT2D eigenvalue weighted by molar-refractivity contribution is -0.137. The summed E-state index contributed by atoms with van der Waals surface area (Å²) in [4.78, 5) is 18.3. The molecule has 156 valence electrons. The maximum atomic E-state index is 12.5. The Hall–Kier alpha value is -2.47. The van der Waals surface area contributed by atoms with Gasteiger partial charge >= 0.3 is 5.97 Å². The van der Waals surface area contributed by atoms with E-state index >= 15 is 0 Å². The fraction of sp³-hybridized carbons (Fsp3) is 0.522. The molecule has 1 aromatic heterocycles. The molecule has 6 heteroatoms. The van der Waals surface area contributed by atoms with Crippen LogP contribution in [-0.4, -0.2) is 50.3 Å². The van der Waals surface area contributed by atoms with Crippen molar-refractivity contribution in [3.05, 3.63) is 41.3 Å². The van der Waals surface area contributed by atoms with Gasteiger partial charge < -0.3 is 19.2 Å². The zero-order chi connectivity index (χ0) is 21.5. The Labute approximate surface area is 173 Å². The van der Waals surface area contributed by atoms with Gasteiger partial charge in [0, 0.05) is 29.7 Å². The van der Waals surface area contributed by atoms with Gasteiger partial charge in [0.25, 0.3) is 0 Å². The molecule has 29 heavy (non-hydrogen) atoms. The van der Waals surface area contributed by atoms with E-state index in [1.54, 1.807) is 7.11 Å². The van der Waals surface area contributed by atoms with Crippen LogP contribution in [0.15, 0.2) is 30.0 Å². The Kier molecular flexibility index (Phi) is 5.19. The highest BCUT2D eigenvalue weighted by Crippen LogP contribution is 2.47. The number of nitrogens with one attached hydrogen (secondary N) is 1. The SMILES string of the molecule is [2H][C@]12C[C@H](/C(=C\OC)C(=O)OC)[C@H](CC)CN1CCc1c2[nH]c2cccc(OC)c12. The number of benzene rings is 1. The number of ether oxygens (including phenoxy) is 3. The molecule has 3 heterocycles. The van der Waals surface area contributed by atoms with Crippen molar-refractivity contribution in [1.29, 1.82) is 0 Å². The maximum Gasteiger partial charge on any atom is 0.337 e. The van der Waals surface area contributed by atoms with Crippen LogP contribution < -0.4 is 4.74 Å². The molecule has 1 N–H and O–H groups in total. The fourth-order valence-corrected chi connectivity index (χ4v) is 5.02. The molecule has 0 unspecified atom stereocenters. The molecule has 0 spiro atoms. The van der Waals surface area contributed by atoms with E-state index in [1.807, 2.05) is 18.2 Å². The van der Waals surface area contributed by atoms with Crippen LogP contribution in [0.1, 0.15) is 38.4 Å². The average molecular weight is 400 g/mol. The lowest BCUT2D eigenvalue weighted by Gasteiger charge is -2.46. The second-order valence-electron chi connectivity index (χ2n) is 7.78. The Morgan fingerprint density at radius 3 is 2.90 bits per heavy atom. The van der Waals surface area contributed by atoms with Crippen LogP contribution in [0.2, 0.25) is 0 Å². The van der Waals surface area contributed by atoms with Gasteiger partial charge in [-0.25, -0.2) is 4.79 Å². The number of esters is 1. The number of aromatic amines is 1. The quantitative estimate of drug-likeness (QED) is 0.470. The summed E-state index contributed by atoms with van der Waals surface area (Å²) in [5, 5.41) is 1.07. The molecule has 0 aliphatic carbocycles. The van der Waals surface area contributed by atoms with Crippen LogP contribution in [0, 0.1) is 11.8 Å². The second kappa shape index (κ2) is 8.11. The van der Waals surface area contributed by atoms with Crippen LogP contribution >= 0.6 is 0 Å². The number of H-pyrrole nitrogens is 1. The number of methoxy groups -OCH3 is 3. The highest BCUT2D eigenvalue weighted by molar-refractivity contribution is 5.91. The van der Waals surface area contributed by atoms with Crippen LogP contribution in [0.4, 0.5) is 0 Å². The summed E-state index contributed by atoms with van der Waals surface area (Å²) >= 11 is 0. The lowest BCUT2D eigenvalue weighted by atomic mass is 9.74. The number of fused-ring (bicyclic) bond motifs is 5. The number of hydrogen-bond acceptors (Lipinski definition) is 5. The largest absolute Gasteiger partial charge is 0.504 e. The van der Waals surface area contributed by atoms with E-state index in [2.05, 4.69) is 16.8 Å². The lowest BCUT2D eigenvalue weighted by Crippen LogP contribution is -2.47. The van der Waals surface area contributed by atoms with Crippen molar-refractivity contribution >= 4 is 16.9 Å². The maximum absolute atomic E-state index is 12.5. The average Bonchev–Trinajstić information content (AvgIpc) is 3.16. The second-order valence-corrected chi connectivity index (χ2v) is 7.78. The molecule has 0 radical (unpaired) electrons. The summed E-state index contributed by atoms with van der Waals surface area (Å²) in [5.41, 5.74) is 3.56. The molecule has 2 aromatic rings. The fourth-order valence-electron chi connectivity index (χ4n) is 5.02. The van der Waals surface area contributed by atoms with Gasteiger partial charge in [-0.05, 0) is 42.4 Å². The highest BCUT2D eigenvalue weighted by atomic mass is 16.5. The number of rotatable bonds is 5. The summed E-state index contributed by atoms with van der Waals surface area (Å²) in [6.45, 7) is 3.71. The van der Waals surface area contributed by atoms with Gasteiger partial charge in [0.15, 0.2) is 0 Å². The van der Waals surface area contributed by atoms with Crippen LogP contribution in [-0.2, 0) is 20.7 Å². The molecule has 1 fully saturated rings. The van der Waals surface area contributed by atoms with E-state index in [9.17, 15) is 6.17 Å². The van der Waals surface area contributed by atoms with Gasteiger partial charge in [-0.1, -0.05) is 19.4 Å². The summed E-state index contributed by atoms with van der Waals surface area (Å²) in [7, 11) is 4.61. The topological polar surface area (TPSA) is 63.8 Å². The molecular weight excluding hydrogens is 368 g/mol. The van der Waals surface area contributed by atoms with Crippen molar-refractivity contribution in [3.63, 3.8) is 0 Å². The smallest absolute Gasteiger partial charge is 0.337 e. The van der Waals surface area contributed by atoms with Gasteiger partial charge in [0.2, 0.25) is 0 Å². The number of carbonyl (C=O) groups excluding carboxylic acids is 1. The van der Waals surface area contributed by atoms with Crippen molar-refractivity contribution < 1.29 is 20.4 Å². The minimum atomic E-state index is -0.950. The van der Waals surface area contributed by atoms with E-state index in [-0.39, 0.29) is 17.8 Å². The summed E-state index contributed by atoms with van der Waals surface area (Å²) in [6, 6.07) is 5.01. The van der Waals surface area contributed by atoms with Crippen molar-refractivity contribution in [3.8, 4) is 5.75 Å². The van der Waals surface area contributed by atoms with Gasteiger partial charge in [-0.3, -0.25) is 4.90 Å². The number of carbonyl (C=O) groups is 1. The summed E-state index contributed by atoms with van der Waals surface area (Å²) in [6.07, 6.45) is 3.78. The van der Waals surface area contributed by atoms with Gasteiger partial charge in [-0.15, -0.1) is 0 Å². The van der Waals surface area contributed by atoms with Crippen molar-refractivity contribution in [2.24, 2.45) is 11.8 Å². The minimum absolute atomic E-state index is 0.115. The van der Waals surface area contributed by atoms with Crippen LogP contribution in [0.3, 0.4) is 0 Å². The first-order valence-electron chi connectivity index (χ1n) is 10.7. The van der Waals surface area contributed by atoms with Gasteiger partial charge in [0.1, 0.15) is 5.75 Å². The zero-order valence-corrected chi connectivity index (χ0v) is 17.6. The van der Waals surface area contributed by atoms with Crippen molar-refractivity contribution in [2.45, 2.75) is 32.2 Å². The number of hydrogen-bond donors (Lipinski definition) is 1. The Morgan fingerprint density at radius 1 is 1.38 bits per heavy atom. The highest BCUT2D eigenvalue weighted by Gasteiger charge is 2.42. The third-order valence-corrected chi connectivity index (χ3v) is 6.44. The van der Waals surface area contributed by atoms with E-state index in [0.29, 0.717) is 12.0 Å². The van der Waals surface area contributed by atoms with Crippen molar-refractivity contribution in [1.82, 2.24) is 9.88 Å². The molecule has 0 saturated carbocycles. The molecular formula is C23H30N2O4. The number of piperidine rings is 1. The van der Waals surface area contributed by atoms with Crippen molar-refractivity contribution in [2.75, 3.05) is 34.4 Å². The molecule has 1 saturated heterocycles. The zero-order valence-electron chi connectivity index (χ0n) is 18.6. The normalized spacial score (nSPS) is 27.7. The Bertz CT molecular complexity index is 985. The first kappa shape index (κ1) is 18.6. The minimum Gasteiger partial charge on any atom is -0.504 e. The predicted octanol–water partition coefficient (Wildman–Crippen LogP) is 3.83. The molecule has 4 rings (SSSR count). The number of nitrogens with zero attached hydrogens (tertiary/aromatic N) is 1. The van der Waals surface area contributed by atoms with Gasteiger partial charge in [0.05, 0.1) is 40.6 Å².